The van der Waals surface area contributed by atoms with Crippen molar-refractivity contribution in [2.45, 2.75) is 160 Å². The summed E-state index contributed by atoms with van der Waals surface area (Å²) in [4.78, 5) is 25.1. The highest BCUT2D eigenvalue weighted by atomic mass is 16.7. The maximum absolute atomic E-state index is 12.7. The Kier molecular flexibility index (Phi) is 28.3. The van der Waals surface area contributed by atoms with Crippen LogP contribution in [0, 0.1) is 0 Å². The molecule has 10 heteroatoms. The monoisotopic (exact) mass is 706 g/mol. The lowest BCUT2D eigenvalue weighted by Gasteiger charge is -2.39. The Bertz CT molecular complexity index is 1000. The molecule has 6 atom stereocenters. The van der Waals surface area contributed by atoms with E-state index < -0.39 is 55.4 Å². The van der Waals surface area contributed by atoms with Crippen LogP contribution in [0.15, 0.2) is 60.8 Å². The van der Waals surface area contributed by atoms with Crippen LogP contribution in [0.5, 0.6) is 0 Å². The first-order valence-electron chi connectivity index (χ1n) is 18.9. The summed E-state index contributed by atoms with van der Waals surface area (Å²) in [5, 5.41) is 39.9. The summed E-state index contributed by atoms with van der Waals surface area (Å²) in [5.74, 6) is -0.872. The normalized spacial score (nSPS) is 22.1. The Balaban J connectivity index is 2.46. The number of hydrogen-bond donors (Lipinski definition) is 4. The topological polar surface area (TPSA) is 152 Å². The Hall–Kier alpha value is -2.60. The van der Waals surface area contributed by atoms with Crippen LogP contribution in [0.25, 0.3) is 0 Å². The summed E-state index contributed by atoms with van der Waals surface area (Å²) in [7, 11) is 0. The minimum atomic E-state index is -1.60. The van der Waals surface area contributed by atoms with Crippen molar-refractivity contribution in [3.8, 4) is 0 Å². The number of allylic oxidation sites excluding steroid dienone is 10. The second-order valence-corrected chi connectivity index (χ2v) is 12.7. The van der Waals surface area contributed by atoms with E-state index in [0.29, 0.717) is 12.8 Å². The molecule has 286 valence electrons. The SMILES string of the molecule is CC/C=C/C=C/C=C/C=C/CCCCCC(=O)OC(COC(=O)CCCCCCC/C=C/CCCCC)CO[C@H]1O[C@@H](CO)[C@@H](O)C(O)C1O. The summed E-state index contributed by atoms with van der Waals surface area (Å²) in [6.45, 7) is 3.17. The van der Waals surface area contributed by atoms with E-state index >= 15 is 0 Å². The van der Waals surface area contributed by atoms with Gasteiger partial charge in [-0.05, 0) is 57.8 Å². The van der Waals surface area contributed by atoms with E-state index in [1.54, 1.807) is 0 Å². The molecule has 0 aromatic carbocycles. The Morgan fingerprint density at radius 1 is 0.640 bits per heavy atom. The molecule has 0 amide bonds. The molecule has 1 saturated heterocycles. The first-order valence-corrected chi connectivity index (χ1v) is 18.9. The van der Waals surface area contributed by atoms with Crippen LogP contribution in [-0.4, -0.2) is 89.0 Å². The fraction of sp³-hybridized carbons (Fsp3) is 0.700. The zero-order chi connectivity index (χ0) is 36.7. The van der Waals surface area contributed by atoms with Crippen LogP contribution < -0.4 is 0 Å². The third-order valence-electron chi connectivity index (χ3n) is 8.23. The van der Waals surface area contributed by atoms with Crippen LogP contribution in [-0.2, 0) is 28.5 Å². The molecule has 50 heavy (non-hydrogen) atoms. The van der Waals surface area contributed by atoms with Gasteiger partial charge in [-0.2, -0.15) is 0 Å². The first-order chi connectivity index (χ1) is 24.3. The summed E-state index contributed by atoms with van der Waals surface area (Å²) >= 11 is 0. The van der Waals surface area contributed by atoms with Crippen molar-refractivity contribution in [3.05, 3.63) is 60.8 Å². The van der Waals surface area contributed by atoms with E-state index in [9.17, 15) is 30.0 Å². The zero-order valence-corrected chi connectivity index (χ0v) is 30.6. The largest absolute Gasteiger partial charge is 0.462 e. The molecular formula is C40H66O10. The minimum Gasteiger partial charge on any atom is -0.462 e. The minimum absolute atomic E-state index is 0.179. The summed E-state index contributed by atoms with van der Waals surface area (Å²) in [6, 6.07) is 0. The molecule has 0 spiro atoms. The van der Waals surface area contributed by atoms with Crippen molar-refractivity contribution >= 4 is 11.9 Å². The van der Waals surface area contributed by atoms with E-state index in [0.717, 1.165) is 64.2 Å². The van der Waals surface area contributed by atoms with Gasteiger partial charge in [-0.25, -0.2) is 0 Å². The van der Waals surface area contributed by atoms with Gasteiger partial charge >= 0.3 is 11.9 Å². The predicted octanol–water partition coefficient (Wildman–Crippen LogP) is 6.71. The molecule has 0 aromatic heterocycles. The zero-order valence-electron chi connectivity index (χ0n) is 30.6. The van der Waals surface area contributed by atoms with Crippen molar-refractivity contribution in [3.63, 3.8) is 0 Å². The van der Waals surface area contributed by atoms with Gasteiger partial charge in [-0.15, -0.1) is 0 Å². The van der Waals surface area contributed by atoms with E-state index in [1.807, 2.05) is 36.5 Å². The Labute approximate surface area is 300 Å². The van der Waals surface area contributed by atoms with Crippen molar-refractivity contribution < 1.29 is 49.0 Å². The highest BCUT2D eigenvalue weighted by molar-refractivity contribution is 5.70. The first kappa shape index (κ1) is 45.4. The van der Waals surface area contributed by atoms with Gasteiger partial charge in [0.05, 0.1) is 13.2 Å². The van der Waals surface area contributed by atoms with Gasteiger partial charge in [0.2, 0.25) is 0 Å². The van der Waals surface area contributed by atoms with Crippen LogP contribution in [0.1, 0.15) is 123 Å². The van der Waals surface area contributed by atoms with Gasteiger partial charge in [0.1, 0.15) is 31.0 Å². The number of ether oxygens (including phenoxy) is 4. The molecule has 1 fully saturated rings. The molecule has 1 heterocycles. The number of aliphatic hydroxyl groups excluding tert-OH is 4. The average molecular weight is 707 g/mol. The number of hydrogen-bond acceptors (Lipinski definition) is 10. The van der Waals surface area contributed by atoms with Crippen LogP contribution in [0.2, 0.25) is 0 Å². The fourth-order valence-electron chi connectivity index (χ4n) is 5.19. The standard InChI is InChI=1S/C40H66O10/c1-3-5-7-9-11-13-15-17-19-21-23-25-27-29-36(43)49-33(32-48-40-39(46)38(45)37(44)34(30-41)50-40)31-47-35(42)28-26-24-22-20-18-16-14-12-10-8-6-4-2/h5,7,9,11-15,17,19,33-34,37-41,44-46H,3-4,6,8,10,16,18,20-32H2,1-2H3/b7-5+,11-9+,14-12+,15-13+,19-17+/t33?,34-,37+,38?,39?,40-/m0/s1. The van der Waals surface area contributed by atoms with Gasteiger partial charge in [-0.3, -0.25) is 9.59 Å². The number of carbonyl (C=O) groups excluding carboxylic acids is 2. The van der Waals surface area contributed by atoms with Crippen molar-refractivity contribution in [1.29, 1.82) is 0 Å². The quantitative estimate of drug-likeness (QED) is 0.0286. The van der Waals surface area contributed by atoms with Crippen LogP contribution in [0.3, 0.4) is 0 Å². The second-order valence-electron chi connectivity index (χ2n) is 12.7. The molecule has 0 aromatic rings. The highest BCUT2D eigenvalue weighted by Crippen LogP contribution is 2.22. The van der Waals surface area contributed by atoms with Gasteiger partial charge in [0.15, 0.2) is 12.4 Å². The number of unbranched alkanes of at least 4 members (excludes halogenated alkanes) is 11. The maximum Gasteiger partial charge on any atom is 0.306 e. The van der Waals surface area contributed by atoms with E-state index in [4.69, 9.17) is 18.9 Å². The van der Waals surface area contributed by atoms with Crippen molar-refractivity contribution in [2.24, 2.45) is 0 Å². The van der Waals surface area contributed by atoms with E-state index in [1.165, 1.54) is 19.3 Å². The van der Waals surface area contributed by atoms with E-state index in [-0.39, 0.29) is 26.1 Å². The number of carbonyl (C=O) groups is 2. The molecular weight excluding hydrogens is 640 g/mol. The third kappa shape index (κ3) is 23.0. The second kappa shape index (κ2) is 31.2. The van der Waals surface area contributed by atoms with Gasteiger partial charge < -0.3 is 39.4 Å². The summed E-state index contributed by atoms with van der Waals surface area (Å²) in [6.07, 6.45) is 28.1. The fourth-order valence-corrected chi connectivity index (χ4v) is 5.19. The average Bonchev–Trinajstić information content (AvgIpc) is 3.11. The van der Waals surface area contributed by atoms with Crippen LogP contribution >= 0.6 is 0 Å². The highest BCUT2D eigenvalue weighted by Gasteiger charge is 2.44. The van der Waals surface area contributed by atoms with Crippen LogP contribution in [0.4, 0.5) is 0 Å². The molecule has 3 unspecified atom stereocenters. The van der Waals surface area contributed by atoms with E-state index in [2.05, 4.69) is 38.2 Å². The molecule has 1 aliphatic heterocycles. The number of aliphatic hydroxyl groups is 4. The molecule has 0 radical (unpaired) electrons. The van der Waals surface area contributed by atoms with Gasteiger partial charge in [0, 0.05) is 12.8 Å². The lowest BCUT2D eigenvalue weighted by Crippen LogP contribution is -2.59. The van der Waals surface area contributed by atoms with Gasteiger partial charge in [0.25, 0.3) is 0 Å². The molecule has 0 bridgehead atoms. The number of esters is 2. The lowest BCUT2D eigenvalue weighted by molar-refractivity contribution is -0.305. The smallest absolute Gasteiger partial charge is 0.306 e. The molecule has 1 rings (SSSR count). The molecule has 0 saturated carbocycles. The Morgan fingerprint density at radius 3 is 1.86 bits per heavy atom. The summed E-state index contributed by atoms with van der Waals surface area (Å²) < 4.78 is 22.0. The maximum atomic E-state index is 12.7. The number of rotatable bonds is 29. The molecule has 1 aliphatic rings. The van der Waals surface area contributed by atoms with Crippen molar-refractivity contribution in [2.75, 3.05) is 19.8 Å². The lowest BCUT2D eigenvalue weighted by atomic mass is 9.99. The predicted molar refractivity (Wildman–Crippen MR) is 196 cm³/mol. The summed E-state index contributed by atoms with van der Waals surface area (Å²) in [5.41, 5.74) is 0. The molecule has 0 aliphatic carbocycles. The van der Waals surface area contributed by atoms with Gasteiger partial charge in [-0.1, -0.05) is 113 Å². The van der Waals surface area contributed by atoms with Crippen molar-refractivity contribution in [1.82, 2.24) is 0 Å². The third-order valence-corrected chi connectivity index (χ3v) is 8.23. The molecule has 10 nitrogen and oxygen atoms in total. The Morgan fingerprint density at radius 2 is 1.20 bits per heavy atom. The molecule has 4 N–H and O–H groups in total.